The SMILES string of the molecule is Cc1nnnn1-c1cccc(NC(=O)c2cn(-c3ccccc3C(F)(F)F)nn2)c1. The zero-order valence-corrected chi connectivity index (χ0v) is 15.4. The highest BCUT2D eigenvalue weighted by Crippen LogP contribution is 2.33. The Labute approximate surface area is 167 Å². The number of nitrogens with zero attached hydrogens (tertiary/aromatic N) is 7. The highest BCUT2D eigenvalue weighted by atomic mass is 19.4. The summed E-state index contributed by atoms with van der Waals surface area (Å²) < 4.78 is 42.0. The Hall–Kier alpha value is -4.09. The number of tetrazole rings is 1. The second kappa shape index (κ2) is 7.39. The van der Waals surface area contributed by atoms with E-state index in [-0.39, 0.29) is 11.4 Å². The van der Waals surface area contributed by atoms with Crippen molar-refractivity contribution in [2.24, 2.45) is 0 Å². The number of halogens is 3. The first-order valence-corrected chi connectivity index (χ1v) is 8.58. The van der Waals surface area contributed by atoms with Gasteiger partial charge in [0, 0.05) is 5.69 Å². The van der Waals surface area contributed by atoms with Gasteiger partial charge >= 0.3 is 6.18 Å². The molecule has 0 spiro atoms. The highest BCUT2D eigenvalue weighted by Gasteiger charge is 2.34. The monoisotopic (exact) mass is 414 g/mol. The lowest BCUT2D eigenvalue weighted by Gasteiger charge is -2.11. The maximum atomic E-state index is 13.2. The zero-order chi connectivity index (χ0) is 21.3. The lowest BCUT2D eigenvalue weighted by atomic mass is 10.1. The van der Waals surface area contributed by atoms with Crippen molar-refractivity contribution in [3.05, 3.63) is 71.8 Å². The van der Waals surface area contributed by atoms with Crippen molar-refractivity contribution in [1.29, 1.82) is 0 Å². The van der Waals surface area contributed by atoms with Crippen molar-refractivity contribution in [2.75, 3.05) is 5.32 Å². The van der Waals surface area contributed by atoms with Crippen molar-refractivity contribution >= 4 is 11.6 Å². The summed E-state index contributed by atoms with van der Waals surface area (Å²) in [6.07, 6.45) is -3.44. The van der Waals surface area contributed by atoms with Crippen LogP contribution in [0.5, 0.6) is 0 Å². The molecule has 30 heavy (non-hydrogen) atoms. The van der Waals surface area contributed by atoms with E-state index >= 15 is 0 Å². The number of aryl methyl sites for hydroxylation is 1. The van der Waals surface area contributed by atoms with E-state index in [2.05, 4.69) is 31.2 Å². The summed E-state index contributed by atoms with van der Waals surface area (Å²) in [6, 6.07) is 11.6. The van der Waals surface area contributed by atoms with Crippen molar-refractivity contribution in [1.82, 2.24) is 35.2 Å². The number of nitrogens with one attached hydrogen (secondary N) is 1. The van der Waals surface area contributed by atoms with Crippen LogP contribution in [0.15, 0.2) is 54.7 Å². The van der Waals surface area contributed by atoms with Gasteiger partial charge in [0.25, 0.3) is 5.91 Å². The third-order valence-electron chi connectivity index (χ3n) is 4.16. The summed E-state index contributed by atoms with van der Waals surface area (Å²) in [5, 5.41) is 21.2. The molecule has 9 nitrogen and oxygen atoms in total. The van der Waals surface area contributed by atoms with E-state index in [1.807, 2.05) is 0 Å². The van der Waals surface area contributed by atoms with Crippen molar-refractivity contribution in [3.8, 4) is 11.4 Å². The molecule has 0 radical (unpaired) electrons. The first-order valence-electron chi connectivity index (χ1n) is 8.58. The van der Waals surface area contributed by atoms with Crippen LogP contribution < -0.4 is 5.32 Å². The topological polar surface area (TPSA) is 103 Å². The van der Waals surface area contributed by atoms with E-state index in [1.165, 1.54) is 22.9 Å². The van der Waals surface area contributed by atoms with Gasteiger partial charge in [0.05, 0.1) is 23.1 Å². The summed E-state index contributed by atoms with van der Waals surface area (Å²) in [5.74, 6) is -0.0684. The van der Waals surface area contributed by atoms with Gasteiger partial charge in [0.2, 0.25) is 0 Å². The lowest BCUT2D eigenvalue weighted by molar-refractivity contribution is -0.137. The Morgan fingerprint density at radius 3 is 2.57 bits per heavy atom. The molecule has 0 saturated carbocycles. The van der Waals surface area contributed by atoms with Gasteiger partial charge < -0.3 is 5.32 Å². The second-order valence-electron chi connectivity index (χ2n) is 6.21. The molecule has 0 unspecified atom stereocenters. The molecule has 4 aromatic rings. The average Bonchev–Trinajstić information content (AvgIpc) is 3.37. The zero-order valence-electron chi connectivity index (χ0n) is 15.4. The number of rotatable bonds is 4. The number of carbonyl (C=O) groups excluding carboxylic acids is 1. The fourth-order valence-electron chi connectivity index (χ4n) is 2.78. The number of benzene rings is 2. The lowest BCUT2D eigenvalue weighted by Crippen LogP contribution is -2.13. The summed E-state index contributed by atoms with van der Waals surface area (Å²) in [5.41, 5.74) is -0.203. The van der Waals surface area contributed by atoms with Gasteiger partial charge in [-0.1, -0.05) is 23.4 Å². The molecule has 0 aliphatic heterocycles. The molecule has 0 saturated heterocycles. The van der Waals surface area contributed by atoms with Gasteiger partial charge in [-0.05, 0) is 47.7 Å². The van der Waals surface area contributed by atoms with Crippen molar-refractivity contribution in [3.63, 3.8) is 0 Å². The maximum Gasteiger partial charge on any atom is 0.418 e. The first kappa shape index (κ1) is 19.2. The molecule has 0 bridgehead atoms. The Balaban J connectivity index is 1.57. The molecule has 0 aliphatic carbocycles. The van der Waals surface area contributed by atoms with Crippen LogP contribution in [-0.2, 0) is 6.18 Å². The summed E-state index contributed by atoms with van der Waals surface area (Å²) >= 11 is 0. The standard InChI is InChI=1S/C18H13F3N8O/c1-11-23-25-27-29(11)13-6-4-5-12(9-13)22-17(30)15-10-28(26-24-15)16-8-3-2-7-14(16)18(19,20)21/h2-10H,1H3,(H,22,30). The first-order chi connectivity index (χ1) is 14.3. The van der Waals surface area contributed by atoms with E-state index in [0.717, 1.165) is 16.9 Å². The van der Waals surface area contributed by atoms with Gasteiger partial charge in [0.15, 0.2) is 11.5 Å². The van der Waals surface area contributed by atoms with Crippen molar-refractivity contribution < 1.29 is 18.0 Å². The molecular weight excluding hydrogens is 401 g/mol. The van der Waals surface area contributed by atoms with Crippen LogP contribution in [0.2, 0.25) is 0 Å². The molecule has 2 aromatic carbocycles. The van der Waals surface area contributed by atoms with Gasteiger partial charge in [-0.15, -0.1) is 10.2 Å². The minimum atomic E-state index is -4.57. The van der Waals surface area contributed by atoms with Gasteiger partial charge in [-0.3, -0.25) is 4.79 Å². The van der Waals surface area contributed by atoms with E-state index in [9.17, 15) is 18.0 Å². The second-order valence-corrected chi connectivity index (χ2v) is 6.21. The molecule has 12 heteroatoms. The van der Waals surface area contributed by atoms with Crippen LogP contribution in [0.25, 0.3) is 11.4 Å². The molecule has 2 aromatic heterocycles. The van der Waals surface area contributed by atoms with Crippen LogP contribution in [0.3, 0.4) is 0 Å². The van der Waals surface area contributed by atoms with Gasteiger partial charge in [0.1, 0.15) is 0 Å². The van der Waals surface area contributed by atoms with Crippen LogP contribution in [0.1, 0.15) is 21.9 Å². The number of hydrogen-bond donors (Lipinski definition) is 1. The fraction of sp³-hybridized carbons (Fsp3) is 0.111. The molecule has 0 atom stereocenters. The molecular formula is C18H13F3N8O. The molecule has 4 rings (SSSR count). The molecule has 0 fully saturated rings. The van der Waals surface area contributed by atoms with Crippen LogP contribution in [0.4, 0.5) is 18.9 Å². The maximum absolute atomic E-state index is 13.2. The smallest absolute Gasteiger partial charge is 0.320 e. The number of amides is 1. The number of aromatic nitrogens is 7. The molecule has 2 heterocycles. The van der Waals surface area contributed by atoms with Crippen LogP contribution in [0, 0.1) is 6.92 Å². The predicted octanol–water partition coefficient (Wildman–Crippen LogP) is 2.82. The molecule has 1 N–H and O–H groups in total. The number of carbonyl (C=O) groups is 1. The van der Waals surface area contributed by atoms with E-state index in [1.54, 1.807) is 31.2 Å². The van der Waals surface area contributed by atoms with E-state index < -0.39 is 17.6 Å². The average molecular weight is 414 g/mol. The third kappa shape index (κ3) is 3.74. The quantitative estimate of drug-likeness (QED) is 0.551. The minimum absolute atomic E-state index is 0.143. The number of alkyl halides is 3. The van der Waals surface area contributed by atoms with E-state index in [0.29, 0.717) is 17.2 Å². The Morgan fingerprint density at radius 1 is 1.03 bits per heavy atom. The normalized spacial score (nSPS) is 11.5. The van der Waals surface area contributed by atoms with Crippen LogP contribution >= 0.6 is 0 Å². The Morgan fingerprint density at radius 2 is 1.83 bits per heavy atom. The Kier molecular flexibility index (Phi) is 4.74. The van der Waals surface area contributed by atoms with Crippen molar-refractivity contribution in [2.45, 2.75) is 13.1 Å². The molecule has 152 valence electrons. The summed E-state index contributed by atoms with van der Waals surface area (Å²) in [4.78, 5) is 12.5. The molecule has 1 amide bonds. The predicted molar refractivity (Wildman–Crippen MR) is 98.2 cm³/mol. The highest BCUT2D eigenvalue weighted by molar-refractivity contribution is 6.02. The molecule has 0 aliphatic rings. The summed E-state index contributed by atoms with van der Waals surface area (Å²) in [6.45, 7) is 1.72. The van der Waals surface area contributed by atoms with Crippen LogP contribution in [-0.4, -0.2) is 41.1 Å². The Bertz CT molecular complexity index is 1210. The minimum Gasteiger partial charge on any atom is -0.320 e. The number of para-hydroxylation sites is 1. The van der Waals surface area contributed by atoms with Gasteiger partial charge in [-0.25, -0.2) is 4.68 Å². The summed E-state index contributed by atoms with van der Waals surface area (Å²) in [7, 11) is 0. The largest absolute Gasteiger partial charge is 0.418 e. The number of hydrogen-bond acceptors (Lipinski definition) is 6. The van der Waals surface area contributed by atoms with Gasteiger partial charge in [-0.2, -0.15) is 17.9 Å². The third-order valence-corrected chi connectivity index (χ3v) is 4.16. The van der Waals surface area contributed by atoms with E-state index in [4.69, 9.17) is 0 Å². The fourth-order valence-corrected chi connectivity index (χ4v) is 2.78. The number of anilines is 1.